The summed E-state index contributed by atoms with van der Waals surface area (Å²) in [5, 5.41) is 9.15. The molecule has 3 rings (SSSR count). The maximum atomic E-state index is 12.5. The first-order valence-electron chi connectivity index (χ1n) is 7.53. The lowest BCUT2D eigenvalue weighted by Crippen LogP contribution is -2.27. The van der Waals surface area contributed by atoms with Gasteiger partial charge in [-0.15, -0.1) is 0 Å². The van der Waals surface area contributed by atoms with E-state index in [1.54, 1.807) is 36.4 Å². The summed E-state index contributed by atoms with van der Waals surface area (Å²) in [5.74, 6) is -1.08. The van der Waals surface area contributed by atoms with Crippen molar-refractivity contribution in [1.82, 2.24) is 4.31 Å². The quantitative estimate of drug-likeness (QED) is 0.899. The van der Waals surface area contributed by atoms with E-state index < -0.39 is 16.0 Å². The van der Waals surface area contributed by atoms with Gasteiger partial charge in [-0.2, -0.15) is 4.31 Å². The fraction of sp³-hybridized carbons (Fsp3) is 0.235. The van der Waals surface area contributed by atoms with Crippen LogP contribution in [0, 0.1) is 0 Å². The molecule has 24 heavy (non-hydrogen) atoms. The average molecular weight is 366 g/mol. The van der Waals surface area contributed by atoms with E-state index in [-0.39, 0.29) is 15.5 Å². The van der Waals surface area contributed by atoms with Gasteiger partial charge in [0.2, 0.25) is 10.0 Å². The van der Waals surface area contributed by atoms with E-state index in [0.29, 0.717) is 13.1 Å². The van der Waals surface area contributed by atoms with Crippen molar-refractivity contribution >= 4 is 27.6 Å². The van der Waals surface area contributed by atoms with Crippen LogP contribution in [-0.2, 0) is 10.0 Å². The Bertz CT molecular complexity index is 872. The zero-order chi connectivity index (χ0) is 17.3. The number of hydrogen-bond acceptors (Lipinski definition) is 3. The minimum atomic E-state index is -3.43. The molecule has 0 spiro atoms. The first-order chi connectivity index (χ1) is 11.4. The predicted molar refractivity (Wildman–Crippen MR) is 91.8 cm³/mol. The second-order valence-corrected chi connectivity index (χ2v) is 7.98. The van der Waals surface area contributed by atoms with Gasteiger partial charge in [-0.25, -0.2) is 13.2 Å². The van der Waals surface area contributed by atoms with E-state index in [1.807, 2.05) is 0 Å². The molecule has 0 saturated carbocycles. The number of carboxylic acid groups (broad SMARTS) is 1. The smallest absolute Gasteiger partial charge is 0.337 e. The molecule has 0 aromatic heterocycles. The van der Waals surface area contributed by atoms with E-state index in [9.17, 15) is 13.2 Å². The maximum absolute atomic E-state index is 12.5. The Morgan fingerprint density at radius 3 is 2.12 bits per heavy atom. The molecule has 0 amide bonds. The van der Waals surface area contributed by atoms with Crippen LogP contribution in [0.3, 0.4) is 0 Å². The predicted octanol–water partition coefficient (Wildman–Crippen LogP) is 3.49. The number of nitrogens with zero attached hydrogens (tertiary/aromatic N) is 1. The van der Waals surface area contributed by atoms with Crippen LogP contribution < -0.4 is 0 Å². The summed E-state index contributed by atoms with van der Waals surface area (Å²) in [4.78, 5) is 11.3. The Morgan fingerprint density at radius 1 is 1.00 bits per heavy atom. The van der Waals surface area contributed by atoms with Crippen molar-refractivity contribution in [3.8, 4) is 11.1 Å². The van der Waals surface area contributed by atoms with E-state index in [2.05, 4.69) is 0 Å². The minimum absolute atomic E-state index is 0.0358. The highest BCUT2D eigenvalue weighted by molar-refractivity contribution is 7.89. The standard InChI is InChI=1S/C17H16ClNO4S/c18-16-11-13(5-8-15(16)17(20)21)12-3-6-14(7-4-12)24(22,23)19-9-1-2-10-19/h3-8,11H,1-2,9-10H2,(H,20,21). The Balaban J connectivity index is 1.90. The topological polar surface area (TPSA) is 74.7 Å². The molecule has 1 fully saturated rings. The van der Waals surface area contributed by atoms with Crippen molar-refractivity contribution < 1.29 is 18.3 Å². The highest BCUT2D eigenvalue weighted by Crippen LogP contribution is 2.28. The van der Waals surface area contributed by atoms with Crippen molar-refractivity contribution in [3.05, 3.63) is 53.1 Å². The van der Waals surface area contributed by atoms with Crippen molar-refractivity contribution in [1.29, 1.82) is 0 Å². The van der Waals surface area contributed by atoms with Crippen LogP contribution in [-0.4, -0.2) is 36.9 Å². The van der Waals surface area contributed by atoms with Gasteiger partial charge in [-0.05, 0) is 48.2 Å². The zero-order valence-electron chi connectivity index (χ0n) is 12.8. The van der Waals surface area contributed by atoms with E-state index >= 15 is 0 Å². The highest BCUT2D eigenvalue weighted by atomic mass is 35.5. The molecule has 0 bridgehead atoms. The third kappa shape index (κ3) is 3.17. The van der Waals surface area contributed by atoms with Crippen molar-refractivity contribution in [2.45, 2.75) is 17.7 Å². The lowest BCUT2D eigenvalue weighted by Gasteiger charge is -2.15. The van der Waals surface area contributed by atoms with Gasteiger partial charge >= 0.3 is 5.97 Å². The molecule has 0 aliphatic carbocycles. The van der Waals surface area contributed by atoms with Crippen LogP contribution in [0.4, 0.5) is 0 Å². The molecule has 0 atom stereocenters. The molecule has 1 heterocycles. The van der Waals surface area contributed by atoms with Crippen LogP contribution in [0.1, 0.15) is 23.2 Å². The number of halogens is 1. The summed E-state index contributed by atoms with van der Waals surface area (Å²) in [7, 11) is -3.43. The summed E-state index contributed by atoms with van der Waals surface area (Å²) in [6, 6.07) is 11.2. The molecule has 126 valence electrons. The number of rotatable bonds is 4. The van der Waals surface area contributed by atoms with Gasteiger partial charge in [0.1, 0.15) is 0 Å². The summed E-state index contributed by atoms with van der Waals surface area (Å²) in [6.07, 6.45) is 1.79. The van der Waals surface area contributed by atoms with Crippen molar-refractivity contribution in [2.24, 2.45) is 0 Å². The lowest BCUT2D eigenvalue weighted by atomic mass is 10.0. The summed E-state index contributed by atoms with van der Waals surface area (Å²) >= 11 is 5.98. The molecule has 7 heteroatoms. The molecule has 1 N–H and O–H groups in total. The fourth-order valence-corrected chi connectivity index (χ4v) is 4.54. The molecule has 2 aromatic rings. The van der Waals surface area contributed by atoms with Crippen LogP contribution >= 0.6 is 11.6 Å². The van der Waals surface area contributed by atoms with E-state index in [4.69, 9.17) is 16.7 Å². The zero-order valence-corrected chi connectivity index (χ0v) is 14.3. The van der Waals surface area contributed by atoms with Crippen LogP contribution in [0.5, 0.6) is 0 Å². The largest absolute Gasteiger partial charge is 0.478 e. The third-order valence-electron chi connectivity index (χ3n) is 4.09. The lowest BCUT2D eigenvalue weighted by molar-refractivity contribution is 0.0697. The summed E-state index contributed by atoms with van der Waals surface area (Å²) in [6.45, 7) is 1.13. The van der Waals surface area contributed by atoms with Crippen LogP contribution in [0.25, 0.3) is 11.1 Å². The molecule has 0 unspecified atom stereocenters. The first-order valence-corrected chi connectivity index (χ1v) is 9.35. The molecule has 0 radical (unpaired) electrons. The van der Waals surface area contributed by atoms with Gasteiger partial charge in [0, 0.05) is 13.1 Å². The fourth-order valence-electron chi connectivity index (χ4n) is 2.77. The molecular formula is C17H16ClNO4S. The Kier molecular flexibility index (Phi) is 4.62. The molecular weight excluding hydrogens is 350 g/mol. The van der Waals surface area contributed by atoms with Crippen LogP contribution in [0.2, 0.25) is 5.02 Å². The first kappa shape index (κ1) is 17.0. The number of aromatic carboxylic acids is 1. The number of hydrogen-bond donors (Lipinski definition) is 1. The number of benzene rings is 2. The van der Waals surface area contributed by atoms with Gasteiger partial charge in [0.15, 0.2) is 0 Å². The van der Waals surface area contributed by atoms with Gasteiger partial charge < -0.3 is 5.11 Å². The Morgan fingerprint density at radius 2 is 1.58 bits per heavy atom. The molecule has 1 aliphatic rings. The Hall–Kier alpha value is -1.89. The molecule has 5 nitrogen and oxygen atoms in total. The van der Waals surface area contributed by atoms with Gasteiger partial charge in [-0.1, -0.05) is 29.8 Å². The summed E-state index contributed by atoms with van der Waals surface area (Å²) in [5.41, 5.74) is 1.54. The Labute approximate surface area is 145 Å². The molecule has 1 saturated heterocycles. The molecule has 2 aromatic carbocycles. The summed E-state index contributed by atoms with van der Waals surface area (Å²) < 4.78 is 26.5. The number of carboxylic acids is 1. The average Bonchev–Trinajstić information content (AvgIpc) is 3.10. The SMILES string of the molecule is O=C(O)c1ccc(-c2ccc(S(=O)(=O)N3CCCC3)cc2)cc1Cl. The monoisotopic (exact) mass is 365 g/mol. The van der Waals surface area contributed by atoms with Crippen LogP contribution in [0.15, 0.2) is 47.4 Å². The highest BCUT2D eigenvalue weighted by Gasteiger charge is 2.26. The maximum Gasteiger partial charge on any atom is 0.337 e. The van der Waals surface area contributed by atoms with Gasteiger partial charge in [0.25, 0.3) is 0 Å². The van der Waals surface area contributed by atoms with E-state index in [0.717, 1.165) is 24.0 Å². The third-order valence-corrected chi connectivity index (χ3v) is 6.32. The van der Waals surface area contributed by atoms with Gasteiger partial charge in [-0.3, -0.25) is 0 Å². The second-order valence-electron chi connectivity index (χ2n) is 5.64. The molecule has 1 aliphatic heterocycles. The second kappa shape index (κ2) is 6.55. The minimum Gasteiger partial charge on any atom is -0.478 e. The normalized spacial score (nSPS) is 15.5. The van der Waals surface area contributed by atoms with Gasteiger partial charge in [0.05, 0.1) is 15.5 Å². The van der Waals surface area contributed by atoms with Crippen molar-refractivity contribution in [3.63, 3.8) is 0 Å². The number of sulfonamides is 1. The van der Waals surface area contributed by atoms with E-state index in [1.165, 1.54) is 10.4 Å². The van der Waals surface area contributed by atoms with Crippen molar-refractivity contribution in [2.75, 3.05) is 13.1 Å². The number of carbonyl (C=O) groups is 1.